The third-order valence-electron chi connectivity index (χ3n) is 3.32. The van der Waals surface area contributed by atoms with Gasteiger partial charge < -0.3 is 4.57 Å². The largest absolute Gasteiger partial charge is 0.311 e. The third kappa shape index (κ3) is 2.28. The number of rotatable bonds is 1. The Morgan fingerprint density at radius 1 is 1.10 bits per heavy atom. The Morgan fingerprint density at radius 3 is 2.65 bits per heavy atom. The van der Waals surface area contributed by atoms with Crippen LogP contribution in [0.15, 0.2) is 57.8 Å². The number of aromatic nitrogens is 1. The van der Waals surface area contributed by atoms with E-state index in [1.165, 1.54) is 0 Å². The molecule has 0 aliphatic carbocycles. The molecule has 0 bridgehead atoms. The maximum atomic E-state index is 12.5. The standard InChI is InChI=1S/C16H11BrClNO/c1-19-15(11-3-2-4-13(18)7-11)8-10-5-6-12(17)9-14(10)16(19)20/h2-9H,1H3. The van der Waals surface area contributed by atoms with E-state index >= 15 is 0 Å². The summed E-state index contributed by atoms with van der Waals surface area (Å²) in [5.74, 6) is 0. The number of fused-ring (bicyclic) bond motifs is 1. The first-order chi connectivity index (χ1) is 9.56. The number of nitrogens with zero attached hydrogens (tertiary/aromatic N) is 1. The summed E-state index contributed by atoms with van der Waals surface area (Å²) in [5, 5.41) is 2.28. The number of halogens is 2. The van der Waals surface area contributed by atoms with E-state index < -0.39 is 0 Å². The topological polar surface area (TPSA) is 22.0 Å². The Kier molecular flexibility index (Phi) is 3.40. The minimum Gasteiger partial charge on any atom is -0.311 e. The fourth-order valence-electron chi connectivity index (χ4n) is 2.30. The lowest BCUT2D eigenvalue weighted by molar-refractivity contribution is 0.883. The van der Waals surface area contributed by atoms with Gasteiger partial charge in [-0.3, -0.25) is 4.79 Å². The molecule has 0 radical (unpaired) electrons. The fraction of sp³-hybridized carbons (Fsp3) is 0.0625. The van der Waals surface area contributed by atoms with Gasteiger partial charge in [-0.1, -0.05) is 45.7 Å². The highest BCUT2D eigenvalue weighted by Crippen LogP contribution is 2.25. The molecule has 0 N–H and O–H groups in total. The number of pyridine rings is 1. The highest BCUT2D eigenvalue weighted by atomic mass is 79.9. The molecule has 1 heterocycles. The summed E-state index contributed by atoms with van der Waals surface area (Å²) in [6.45, 7) is 0. The lowest BCUT2D eigenvalue weighted by Crippen LogP contribution is -2.18. The average Bonchev–Trinajstić information content (AvgIpc) is 2.43. The molecule has 2 nitrogen and oxygen atoms in total. The summed E-state index contributed by atoms with van der Waals surface area (Å²) >= 11 is 9.43. The molecule has 2 aromatic carbocycles. The highest BCUT2D eigenvalue weighted by molar-refractivity contribution is 9.10. The third-order valence-corrected chi connectivity index (χ3v) is 4.05. The van der Waals surface area contributed by atoms with Crippen molar-refractivity contribution < 1.29 is 0 Å². The van der Waals surface area contributed by atoms with E-state index in [1.807, 2.05) is 48.5 Å². The van der Waals surface area contributed by atoms with E-state index in [-0.39, 0.29) is 5.56 Å². The van der Waals surface area contributed by atoms with Crippen molar-refractivity contribution >= 4 is 38.3 Å². The van der Waals surface area contributed by atoms with Gasteiger partial charge >= 0.3 is 0 Å². The molecule has 3 rings (SSSR count). The molecule has 0 aliphatic heterocycles. The molecule has 0 saturated carbocycles. The molecule has 3 aromatic rings. The van der Waals surface area contributed by atoms with Gasteiger partial charge in [-0.15, -0.1) is 0 Å². The Bertz CT molecular complexity index is 870. The van der Waals surface area contributed by atoms with Crippen molar-refractivity contribution in [1.29, 1.82) is 0 Å². The molecule has 0 fully saturated rings. The van der Waals surface area contributed by atoms with E-state index in [0.717, 1.165) is 21.1 Å². The second-order valence-electron chi connectivity index (χ2n) is 4.64. The SMILES string of the molecule is Cn1c(-c2cccc(Cl)c2)cc2ccc(Br)cc2c1=O. The maximum Gasteiger partial charge on any atom is 0.258 e. The monoisotopic (exact) mass is 347 g/mol. The molecule has 1 aromatic heterocycles. The van der Waals surface area contributed by atoms with Crippen molar-refractivity contribution in [3.8, 4) is 11.3 Å². The smallest absolute Gasteiger partial charge is 0.258 e. The van der Waals surface area contributed by atoms with Crippen LogP contribution >= 0.6 is 27.5 Å². The summed E-state index contributed by atoms with van der Waals surface area (Å²) in [7, 11) is 1.78. The number of benzene rings is 2. The quantitative estimate of drug-likeness (QED) is 0.629. The van der Waals surface area contributed by atoms with Crippen molar-refractivity contribution in [2.75, 3.05) is 0 Å². The Morgan fingerprint density at radius 2 is 1.90 bits per heavy atom. The molecule has 4 heteroatoms. The summed E-state index contributed by atoms with van der Waals surface area (Å²) < 4.78 is 2.55. The van der Waals surface area contributed by atoms with Crippen LogP contribution in [-0.2, 0) is 7.05 Å². The zero-order chi connectivity index (χ0) is 14.3. The van der Waals surface area contributed by atoms with Gasteiger partial charge in [0.25, 0.3) is 5.56 Å². The Hall–Kier alpha value is -1.58. The van der Waals surface area contributed by atoms with Crippen molar-refractivity contribution in [2.45, 2.75) is 0 Å². The molecule has 20 heavy (non-hydrogen) atoms. The normalized spacial score (nSPS) is 10.9. The van der Waals surface area contributed by atoms with Crippen molar-refractivity contribution in [2.24, 2.45) is 7.05 Å². The summed E-state index contributed by atoms with van der Waals surface area (Å²) in [5.41, 5.74) is 1.77. The van der Waals surface area contributed by atoms with Crippen LogP contribution in [0.25, 0.3) is 22.0 Å². The Labute approximate surface area is 129 Å². The lowest BCUT2D eigenvalue weighted by atomic mass is 10.1. The molecule has 0 unspecified atom stereocenters. The minimum absolute atomic E-state index is 0.0150. The van der Waals surface area contributed by atoms with E-state index in [9.17, 15) is 4.79 Å². The van der Waals surface area contributed by atoms with Crippen LogP contribution in [0.2, 0.25) is 5.02 Å². The lowest BCUT2D eigenvalue weighted by Gasteiger charge is -2.11. The number of hydrogen-bond donors (Lipinski definition) is 0. The first-order valence-corrected chi connectivity index (χ1v) is 7.28. The molecule has 0 saturated heterocycles. The zero-order valence-electron chi connectivity index (χ0n) is 10.7. The van der Waals surface area contributed by atoms with Crippen molar-refractivity contribution in [3.05, 3.63) is 68.4 Å². The molecular formula is C16H11BrClNO. The fourth-order valence-corrected chi connectivity index (χ4v) is 2.85. The van der Waals surface area contributed by atoms with E-state index in [0.29, 0.717) is 10.4 Å². The molecule has 100 valence electrons. The van der Waals surface area contributed by atoms with Crippen molar-refractivity contribution in [3.63, 3.8) is 0 Å². The second-order valence-corrected chi connectivity index (χ2v) is 5.99. The van der Waals surface area contributed by atoms with Gasteiger partial charge in [0.2, 0.25) is 0 Å². The molecule has 0 aliphatic rings. The van der Waals surface area contributed by atoms with Crippen LogP contribution in [0, 0.1) is 0 Å². The van der Waals surface area contributed by atoms with Crippen LogP contribution in [-0.4, -0.2) is 4.57 Å². The van der Waals surface area contributed by atoms with Crippen LogP contribution in [0.3, 0.4) is 0 Å². The molecule has 0 atom stereocenters. The highest BCUT2D eigenvalue weighted by Gasteiger charge is 2.09. The van der Waals surface area contributed by atoms with E-state index in [2.05, 4.69) is 15.9 Å². The van der Waals surface area contributed by atoms with Crippen LogP contribution in [0.4, 0.5) is 0 Å². The minimum atomic E-state index is -0.0150. The molecular weight excluding hydrogens is 338 g/mol. The van der Waals surface area contributed by atoms with Gasteiger partial charge in [-0.2, -0.15) is 0 Å². The van der Waals surface area contributed by atoms with Gasteiger partial charge in [-0.25, -0.2) is 0 Å². The van der Waals surface area contributed by atoms with E-state index in [4.69, 9.17) is 11.6 Å². The second kappa shape index (κ2) is 5.08. The summed E-state index contributed by atoms with van der Waals surface area (Å²) in [6, 6.07) is 15.2. The van der Waals surface area contributed by atoms with Crippen LogP contribution < -0.4 is 5.56 Å². The number of hydrogen-bond acceptors (Lipinski definition) is 1. The van der Waals surface area contributed by atoms with Gasteiger partial charge in [0, 0.05) is 21.9 Å². The summed E-state index contributed by atoms with van der Waals surface area (Å²) in [4.78, 5) is 12.5. The van der Waals surface area contributed by atoms with Gasteiger partial charge in [0.1, 0.15) is 0 Å². The Balaban J connectivity index is 2.35. The van der Waals surface area contributed by atoms with Crippen molar-refractivity contribution in [1.82, 2.24) is 4.57 Å². The average molecular weight is 349 g/mol. The first-order valence-electron chi connectivity index (χ1n) is 6.11. The van der Waals surface area contributed by atoms with Gasteiger partial charge in [-0.05, 0) is 41.3 Å². The zero-order valence-corrected chi connectivity index (χ0v) is 13.1. The van der Waals surface area contributed by atoms with Gasteiger partial charge in [0.05, 0.1) is 5.69 Å². The summed E-state index contributed by atoms with van der Waals surface area (Å²) in [6.07, 6.45) is 0. The molecule has 0 amide bonds. The predicted molar refractivity (Wildman–Crippen MR) is 87.3 cm³/mol. The van der Waals surface area contributed by atoms with Gasteiger partial charge in [0.15, 0.2) is 0 Å². The first kappa shape index (κ1) is 13.4. The van der Waals surface area contributed by atoms with E-state index in [1.54, 1.807) is 11.6 Å². The predicted octanol–water partition coefficient (Wildman–Crippen LogP) is 4.62. The van der Waals surface area contributed by atoms with Crippen LogP contribution in [0.5, 0.6) is 0 Å². The maximum absolute atomic E-state index is 12.5. The molecule has 0 spiro atoms. The van der Waals surface area contributed by atoms with Crippen LogP contribution in [0.1, 0.15) is 0 Å².